The van der Waals surface area contributed by atoms with Gasteiger partial charge in [0.25, 0.3) is 5.91 Å². The quantitative estimate of drug-likeness (QED) is 0.805. The zero-order valence-corrected chi connectivity index (χ0v) is 9.93. The first kappa shape index (κ1) is 12.0. The Kier molecular flexibility index (Phi) is 3.71. The number of pyridine rings is 1. The van der Waals surface area contributed by atoms with Gasteiger partial charge in [-0.25, -0.2) is 0 Å². The molecule has 0 aromatic carbocycles. The van der Waals surface area contributed by atoms with Crippen molar-refractivity contribution >= 4 is 5.91 Å². The average molecular weight is 235 g/mol. The Labute approximate surface area is 101 Å². The molecule has 1 saturated heterocycles. The molecule has 1 fully saturated rings. The number of nitrogens with zero attached hydrogens (tertiary/aromatic N) is 2. The molecule has 0 bridgehead atoms. The second-order valence-electron chi connectivity index (χ2n) is 4.19. The fourth-order valence-electron chi connectivity index (χ4n) is 1.84. The van der Waals surface area contributed by atoms with Crippen molar-refractivity contribution in [3.05, 3.63) is 29.6 Å². The van der Waals surface area contributed by atoms with Crippen molar-refractivity contribution in [3.8, 4) is 0 Å². The molecule has 0 radical (unpaired) electrons. The van der Waals surface area contributed by atoms with E-state index in [9.17, 15) is 4.79 Å². The third-order valence-corrected chi connectivity index (χ3v) is 2.81. The van der Waals surface area contributed by atoms with Crippen molar-refractivity contribution in [2.45, 2.75) is 19.6 Å². The standard InChI is InChI=1S/C12H17N3O2/c1-9-8-15(4-5-17-9)12(16)11-3-2-10(6-13)7-14-11/h2-3,7,9H,4-6,8,13H2,1H3. The van der Waals surface area contributed by atoms with E-state index in [1.807, 2.05) is 13.0 Å². The number of ether oxygens (including phenoxy) is 1. The lowest BCUT2D eigenvalue weighted by atomic mass is 10.2. The van der Waals surface area contributed by atoms with Crippen LogP contribution in [0, 0.1) is 0 Å². The summed E-state index contributed by atoms with van der Waals surface area (Å²) < 4.78 is 5.40. The number of aromatic nitrogens is 1. The van der Waals surface area contributed by atoms with Crippen LogP contribution in [-0.4, -0.2) is 41.6 Å². The van der Waals surface area contributed by atoms with E-state index in [4.69, 9.17) is 10.5 Å². The number of morpholine rings is 1. The largest absolute Gasteiger partial charge is 0.375 e. The van der Waals surface area contributed by atoms with Crippen LogP contribution in [0.1, 0.15) is 23.0 Å². The maximum Gasteiger partial charge on any atom is 0.272 e. The Bertz CT molecular complexity index is 391. The zero-order chi connectivity index (χ0) is 12.3. The smallest absolute Gasteiger partial charge is 0.272 e. The lowest BCUT2D eigenvalue weighted by Gasteiger charge is -2.30. The van der Waals surface area contributed by atoms with Crippen LogP contribution in [0.2, 0.25) is 0 Å². The number of carbonyl (C=O) groups excluding carboxylic acids is 1. The molecule has 0 spiro atoms. The van der Waals surface area contributed by atoms with Crippen molar-refractivity contribution in [3.63, 3.8) is 0 Å². The Hall–Kier alpha value is -1.46. The molecule has 0 saturated carbocycles. The molecule has 2 heterocycles. The first-order chi connectivity index (χ1) is 8.20. The van der Waals surface area contributed by atoms with Gasteiger partial charge < -0.3 is 15.4 Å². The Balaban J connectivity index is 2.07. The first-order valence-electron chi connectivity index (χ1n) is 5.76. The number of nitrogens with two attached hydrogens (primary N) is 1. The van der Waals surface area contributed by atoms with E-state index in [2.05, 4.69) is 4.98 Å². The molecule has 1 atom stereocenters. The van der Waals surface area contributed by atoms with Crippen LogP contribution in [0.4, 0.5) is 0 Å². The van der Waals surface area contributed by atoms with Gasteiger partial charge in [-0.15, -0.1) is 0 Å². The molecular formula is C12H17N3O2. The van der Waals surface area contributed by atoms with Gasteiger partial charge in [0, 0.05) is 25.8 Å². The third-order valence-electron chi connectivity index (χ3n) is 2.81. The summed E-state index contributed by atoms with van der Waals surface area (Å²) in [4.78, 5) is 18.0. The molecule has 0 aliphatic carbocycles. The van der Waals surface area contributed by atoms with Gasteiger partial charge in [-0.1, -0.05) is 6.07 Å². The normalized spacial score (nSPS) is 20.4. The molecule has 5 nitrogen and oxygen atoms in total. The number of rotatable bonds is 2. The zero-order valence-electron chi connectivity index (χ0n) is 9.93. The maximum absolute atomic E-state index is 12.1. The van der Waals surface area contributed by atoms with Crippen molar-refractivity contribution in [2.24, 2.45) is 5.73 Å². The summed E-state index contributed by atoms with van der Waals surface area (Å²) in [6.45, 7) is 4.25. The lowest BCUT2D eigenvalue weighted by molar-refractivity contribution is -0.0126. The van der Waals surface area contributed by atoms with Gasteiger partial charge in [-0.3, -0.25) is 9.78 Å². The molecular weight excluding hydrogens is 218 g/mol. The van der Waals surface area contributed by atoms with Gasteiger partial charge in [-0.2, -0.15) is 0 Å². The molecule has 17 heavy (non-hydrogen) atoms. The van der Waals surface area contributed by atoms with Gasteiger partial charge in [0.15, 0.2) is 0 Å². The van der Waals surface area contributed by atoms with E-state index < -0.39 is 0 Å². The summed E-state index contributed by atoms with van der Waals surface area (Å²) in [5.41, 5.74) is 6.88. The van der Waals surface area contributed by atoms with Crippen LogP contribution in [0.25, 0.3) is 0 Å². The molecule has 2 rings (SSSR count). The summed E-state index contributed by atoms with van der Waals surface area (Å²) in [6, 6.07) is 3.56. The van der Waals surface area contributed by atoms with Crippen molar-refractivity contribution in [2.75, 3.05) is 19.7 Å². The minimum atomic E-state index is -0.0382. The Morgan fingerprint density at radius 2 is 2.47 bits per heavy atom. The number of hydrogen-bond acceptors (Lipinski definition) is 4. The second kappa shape index (κ2) is 5.25. The molecule has 1 aromatic rings. The van der Waals surface area contributed by atoms with Gasteiger partial charge in [0.05, 0.1) is 12.7 Å². The molecule has 5 heteroatoms. The minimum absolute atomic E-state index is 0.0382. The minimum Gasteiger partial charge on any atom is -0.375 e. The SMILES string of the molecule is CC1CN(C(=O)c2ccc(CN)cn2)CCO1. The highest BCUT2D eigenvalue weighted by atomic mass is 16.5. The van der Waals surface area contributed by atoms with E-state index in [1.54, 1.807) is 17.2 Å². The Morgan fingerprint density at radius 3 is 3.06 bits per heavy atom. The fourth-order valence-corrected chi connectivity index (χ4v) is 1.84. The molecule has 1 amide bonds. The monoisotopic (exact) mass is 235 g/mol. The number of carbonyl (C=O) groups is 1. The predicted octanol–water partition coefficient (Wildman–Crippen LogP) is 0.401. The molecule has 2 N–H and O–H groups in total. The summed E-state index contributed by atoms with van der Waals surface area (Å²) >= 11 is 0. The van der Waals surface area contributed by atoms with Crippen molar-refractivity contribution in [1.82, 2.24) is 9.88 Å². The van der Waals surface area contributed by atoms with Gasteiger partial charge in [0.2, 0.25) is 0 Å². The summed E-state index contributed by atoms with van der Waals surface area (Å²) in [6.07, 6.45) is 1.74. The van der Waals surface area contributed by atoms with E-state index >= 15 is 0 Å². The highest BCUT2D eigenvalue weighted by molar-refractivity contribution is 5.92. The van der Waals surface area contributed by atoms with Crippen LogP contribution in [0.3, 0.4) is 0 Å². The Morgan fingerprint density at radius 1 is 1.65 bits per heavy atom. The predicted molar refractivity (Wildman–Crippen MR) is 63.4 cm³/mol. The van der Waals surface area contributed by atoms with Crippen LogP contribution < -0.4 is 5.73 Å². The third kappa shape index (κ3) is 2.81. The number of amides is 1. The highest BCUT2D eigenvalue weighted by Crippen LogP contribution is 2.09. The van der Waals surface area contributed by atoms with E-state index in [0.29, 0.717) is 31.9 Å². The van der Waals surface area contributed by atoms with Crippen molar-refractivity contribution in [1.29, 1.82) is 0 Å². The maximum atomic E-state index is 12.1. The molecule has 1 unspecified atom stereocenters. The number of hydrogen-bond donors (Lipinski definition) is 1. The molecule has 1 aliphatic rings. The fraction of sp³-hybridized carbons (Fsp3) is 0.500. The topological polar surface area (TPSA) is 68.5 Å². The average Bonchev–Trinajstić information content (AvgIpc) is 2.38. The van der Waals surface area contributed by atoms with E-state index in [1.165, 1.54) is 0 Å². The highest BCUT2D eigenvalue weighted by Gasteiger charge is 2.22. The molecule has 1 aliphatic heterocycles. The van der Waals surface area contributed by atoms with Crippen LogP contribution in [0.5, 0.6) is 0 Å². The van der Waals surface area contributed by atoms with Crippen LogP contribution in [-0.2, 0) is 11.3 Å². The van der Waals surface area contributed by atoms with Gasteiger partial charge in [-0.05, 0) is 18.6 Å². The summed E-state index contributed by atoms with van der Waals surface area (Å²) in [5, 5.41) is 0. The van der Waals surface area contributed by atoms with Crippen molar-refractivity contribution < 1.29 is 9.53 Å². The van der Waals surface area contributed by atoms with Crippen LogP contribution in [0.15, 0.2) is 18.3 Å². The van der Waals surface area contributed by atoms with E-state index in [-0.39, 0.29) is 12.0 Å². The summed E-state index contributed by atoms with van der Waals surface area (Å²) in [5.74, 6) is -0.0382. The van der Waals surface area contributed by atoms with Gasteiger partial charge >= 0.3 is 0 Å². The molecule has 1 aromatic heterocycles. The molecule has 92 valence electrons. The lowest BCUT2D eigenvalue weighted by Crippen LogP contribution is -2.44. The van der Waals surface area contributed by atoms with Gasteiger partial charge in [0.1, 0.15) is 5.69 Å². The first-order valence-corrected chi connectivity index (χ1v) is 5.76. The van der Waals surface area contributed by atoms with Crippen LogP contribution >= 0.6 is 0 Å². The second-order valence-corrected chi connectivity index (χ2v) is 4.19. The summed E-state index contributed by atoms with van der Waals surface area (Å²) in [7, 11) is 0. The van der Waals surface area contributed by atoms with E-state index in [0.717, 1.165) is 5.56 Å².